The number of nitrogens with two attached hydrogens (primary N) is 1. The molecular formula is C12H18N2O3S. The van der Waals surface area contributed by atoms with E-state index in [1.54, 1.807) is 12.1 Å². The minimum Gasteiger partial charge on any atom is -0.506 e. The van der Waals surface area contributed by atoms with Crippen LogP contribution in [0, 0.1) is 0 Å². The number of nitrogen functional groups attached to an aromatic ring is 1. The molecule has 18 heavy (non-hydrogen) atoms. The predicted octanol–water partition coefficient (Wildman–Crippen LogP) is 0.593. The van der Waals surface area contributed by atoms with Crippen LogP contribution in [-0.4, -0.2) is 42.5 Å². The van der Waals surface area contributed by atoms with E-state index in [-0.39, 0.29) is 23.3 Å². The molecule has 0 bridgehead atoms. The van der Waals surface area contributed by atoms with Crippen LogP contribution in [0.5, 0.6) is 5.75 Å². The van der Waals surface area contributed by atoms with Gasteiger partial charge in [-0.25, -0.2) is 8.42 Å². The molecule has 1 aliphatic heterocycles. The molecule has 3 N–H and O–H groups in total. The average molecular weight is 270 g/mol. The molecule has 0 radical (unpaired) electrons. The lowest BCUT2D eigenvalue weighted by molar-refractivity contribution is 0.218. The summed E-state index contributed by atoms with van der Waals surface area (Å²) < 4.78 is 23.0. The molecule has 6 heteroatoms. The number of phenolic OH excluding ortho intramolecular Hbond substituents is 1. The van der Waals surface area contributed by atoms with Crippen LogP contribution < -0.4 is 5.73 Å². The van der Waals surface area contributed by atoms with Gasteiger partial charge < -0.3 is 10.8 Å². The number of nitrogens with zero attached hydrogens (tertiary/aromatic N) is 1. The lowest BCUT2D eigenvalue weighted by atomic mass is 10.1. The van der Waals surface area contributed by atoms with Gasteiger partial charge in [0, 0.05) is 19.1 Å². The van der Waals surface area contributed by atoms with Gasteiger partial charge in [-0.2, -0.15) is 0 Å². The number of phenols is 1. The van der Waals surface area contributed by atoms with Gasteiger partial charge in [0.25, 0.3) is 0 Å². The molecule has 1 aromatic carbocycles. The second kappa shape index (κ2) is 4.78. The van der Waals surface area contributed by atoms with E-state index < -0.39 is 9.84 Å². The normalized spacial score (nSPS) is 23.9. The summed E-state index contributed by atoms with van der Waals surface area (Å²) >= 11 is 0. The number of benzene rings is 1. The van der Waals surface area contributed by atoms with Crippen LogP contribution in [0.25, 0.3) is 0 Å². The summed E-state index contributed by atoms with van der Waals surface area (Å²) in [6.07, 6.45) is 0. The smallest absolute Gasteiger partial charge is 0.153 e. The Balaban J connectivity index is 2.08. The van der Waals surface area contributed by atoms with E-state index in [1.165, 1.54) is 0 Å². The highest BCUT2D eigenvalue weighted by molar-refractivity contribution is 7.91. The van der Waals surface area contributed by atoms with Crippen LogP contribution in [0.15, 0.2) is 18.2 Å². The Morgan fingerprint density at radius 3 is 2.83 bits per heavy atom. The molecule has 0 aliphatic carbocycles. The monoisotopic (exact) mass is 270 g/mol. The van der Waals surface area contributed by atoms with Gasteiger partial charge in [0.1, 0.15) is 5.75 Å². The molecule has 1 aliphatic rings. The minimum atomic E-state index is -2.88. The minimum absolute atomic E-state index is 0.0128. The van der Waals surface area contributed by atoms with E-state index in [9.17, 15) is 13.5 Å². The van der Waals surface area contributed by atoms with Crippen molar-refractivity contribution in [3.63, 3.8) is 0 Å². The van der Waals surface area contributed by atoms with Crippen molar-refractivity contribution in [2.45, 2.75) is 19.5 Å². The first-order chi connectivity index (χ1) is 8.37. The highest BCUT2D eigenvalue weighted by Gasteiger charge is 2.27. The number of rotatable bonds is 2. The fraction of sp³-hybridized carbons (Fsp3) is 0.500. The largest absolute Gasteiger partial charge is 0.506 e. The molecule has 1 fully saturated rings. The van der Waals surface area contributed by atoms with Crippen molar-refractivity contribution in [2.75, 3.05) is 23.8 Å². The summed E-state index contributed by atoms with van der Waals surface area (Å²) in [7, 11) is -2.88. The van der Waals surface area contributed by atoms with Crippen LogP contribution in [0.1, 0.15) is 12.5 Å². The van der Waals surface area contributed by atoms with Crippen molar-refractivity contribution in [2.24, 2.45) is 0 Å². The van der Waals surface area contributed by atoms with Crippen molar-refractivity contribution in [3.8, 4) is 5.75 Å². The number of hydrogen-bond donors (Lipinski definition) is 2. The first-order valence-electron chi connectivity index (χ1n) is 5.89. The number of hydrogen-bond acceptors (Lipinski definition) is 5. The fourth-order valence-electron chi connectivity index (χ4n) is 2.20. The molecule has 0 amide bonds. The molecule has 0 spiro atoms. The lowest BCUT2D eigenvalue weighted by Crippen LogP contribution is -2.46. The molecule has 100 valence electrons. The van der Waals surface area contributed by atoms with Crippen LogP contribution in [0.4, 0.5) is 5.69 Å². The Hall–Kier alpha value is -1.27. The maximum absolute atomic E-state index is 11.5. The topological polar surface area (TPSA) is 83.6 Å². The Morgan fingerprint density at radius 2 is 2.22 bits per heavy atom. The summed E-state index contributed by atoms with van der Waals surface area (Å²) in [5.74, 6) is 0.499. The third-order valence-electron chi connectivity index (χ3n) is 3.29. The van der Waals surface area contributed by atoms with Gasteiger partial charge in [0.05, 0.1) is 17.2 Å². The lowest BCUT2D eigenvalue weighted by Gasteiger charge is -2.33. The average Bonchev–Trinajstić information content (AvgIpc) is 2.27. The third kappa shape index (κ3) is 2.94. The molecule has 1 atom stereocenters. The second-order valence-corrected chi connectivity index (χ2v) is 7.06. The van der Waals surface area contributed by atoms with E-state index in [0.717, 1.165) is 5.56 Å². The quantitative estimate of drug-likeness (QED) is 0.607. The first kappa shape index (κ1) is 13.2. The molecule has 0 aromatic heterocycles. The van der Waals surface area contributed by atoms with Crippen LogP contribution >= 0.6 is 0 Å². The van der Waals surface area contributed by atoms with Crippen molar-refractivity contribution in [1.29, 1.82) is 0 Å². The molecule has 1 unspecified atom stereocenters. The van der Waals surface area contributed by atoms with Crippen molar-refractivity contribution >= 4 is 15.5 Å². The molecule has 5 nitrogen and oxygen atoms in total. The van der Waals surface area contributed by atoms with Crippen molar-refractivity contribution < 1.29 is 13.5 Å². The molecule has 0 saturated carbocycles. The molecular weight excluding hydrogens is 252 g/mol. The second-order valence-electron chi connectivity index (χ2n) is 4.83. The number of anilines is 1. The number of aromatic hydroxyl groups is 1. The molecule has 1 heterocycles. The van der Waals surface area contributed by atoms with Gasteiger partial charge in [-0.05, 0) is 24.6 Å². The van der Waals surface area contributed by atoms with Gasteiger partial charge in [-0.1, -0.05) is 6.07 Å². The molecule has 2 rings (SSSR count). The molecule has 1 aromatic rings. The van der Waals surface area contributed by atoms with E-state index in [1.807, 2.05) is 13.0 Å². The van der Waals surface area contributed by atoms with Gasteiger partial charge in [0.2, 0.25) is 0 Å². The maximum atomic E-state index is 11.5. The predicted molar refractivity (Wildman–Crippen MR) is 71.0 cm³/mol. The highest BCUT2D eigenvalue weighted by Crippen LogP contribution is 2.22. The van der Waals surface area contributed by atoms with E-state index in [0.29, 0.717) is 18.8 Å². The summed E-state index contributed by atoms with van der Waals surface area (Å²) in [6.45, 7) is 3.12. The summed E-state index contributed by atoms with van der Waals surface area (Å²) in [5.41, 5.74) is 6.97. The zero-order valence-corrected chi connectivity index (χ0v) is 11.2. The van der Waals surface area contributed by atoms with E-state index >= 15 is 0 Å². The van der Waals surface area contributed by atoms with Crippen molar-refractivity contribution in [3.05, 3.63) is 23.8 Å². The zero-order chi connectivity index (χ0) is 13.3. The Labute approximate surface area is 107 Å². The Morgan fingerprint density at radius 1 is 1.50 bits per heavy atom. The third-order valence-corrected chi connectivity index (χ3v) is 5.08. The van der Waals surface area contributed by atoms with Crippen LogP contribution in [-0.2, 0) is 16.4 Å². The van der Waals surface area contributed by atoms with Crippen LogP contribution in [0.3, 0.4) is 0 Å². The Kier molecular flexibility index (Phi) is 3.49. The van der Waals surface area contributed by atoms with Crippen molar-refractivity contribution in [1.82, 2.24) is 4.90 Å². The van der Waals surface area contributed by atoms with E-state index in [4.69, 9.17) is 5.73 Å². The van der Waals surface area contributed by atoms with Gasteiger partial charge in [0.15, 0.2) is 9.84 Å². The Bertz CT molecular complexity index is 542. The summed E-state index contributed by atoms with van der Waals surface area (Å²) in [5, 5.41) is 9.35. The maximum Gasteiger partial charge on any atom is 0.153 e. The SMILES string of the molecule is CC1CS(=O)(=O)CCN1Cc1ccc(O)c(N)c1. The fourth-order valence-corrected chi connectivity index (χ4v) is 3.83. The molecule has 1 saturated heterocycles. The standard InChI is InChI=1S/C12H18N2O3S/c1-9-8-18(16,17)5-4-14(9)7-10-2-3-12(15)11(13)6-10/h2-3,6,9,15H,4-5,7-8,13H2,1H3. The van der Waals surface area contributed by atoms with Gasteiger partial charge in [-0.3, -0.25) is 4.90 Å². The number of sulfone groups is 1. The zero-order valence-electron chi connectivity index (χ0n) is 10.3. The summed E-state index contributed by atoms with van der Waals surface area (Å²) in [6, 6.07) is 5.11. The first-order valence-corrected chi connectivity index (χ1v) is 7.71. The van der Waals surface area contributed by atoms with E-state index in [2.05, 4.69) is 4.90 Å². The summed E-state index contributed by atoms with van der Waals surface area (Å²) in [4.78, 5) is 2.12. The van der Waals surface area contributed by atoms with Gasteiger partial charge in [-0.15, -0.1) is 0 Å². The van der Waals surface area contributed by atoms with Gasteiger partial charge >= 0.3 is 0 Å². The van der Waals surface area contributed by atoms with Crippen LogP contribution in [0.2, 0.25) is 0 Å². The highest BCUT2D eigenvalue weighted by atomic mass is 32.2.